The predicted molar refractivity (Wildman–Crippen MR) is 77.1 cm³/mol. The Bertz CT molecular complexity index is 582. The van der Waals surface area contributed by atoms with E-state index in [0.717, 1.165) is 24.1 Å². The summed E-state index contributed by atoms with van der Waals surface area (Å²) < 4.78 is 1.53. The lowest BCUT2D eigenvalue weighted by Crippen LogP contribution is -2.56. The zero-order valence-corrected chi connectivity index (χ0v) is 13.0. The number of carboxylic acid groups (broad SMARTS) is 1. The molecule has 0 radical (unpaired) electrons. The maximum absolute atomic E-state index is 11.9. The van der Waals surface area contributed by atoms with Gasteiger partial charge in [0, 0.05) is 19.2 Å². The Labute approximate surface area is 127 Å². The van der Waals surface area contributed by atoms with E-state index >= 15 is 0 Å². The number of rotatable bonds is 5. The molecular formula is C13H19ClN4O3. The van der Waals surface area contributed by atoms with Gasteiger partial charge < -0.3 is 15.7 Å². The van der Waals surface area contributed by atoms with Crippen LogP contribution in [0.1, 0.15) is 31.0 Å². The molecule has 1 aliphatic rings. The molecule has 1 atom stereocenters. The summed E-state index contributed by atoms with van der Waals surface area (Å²) in [5.74, 6) is -1.03. The fourth-order valence-corrected chi connectivity index (χ4v) is 2.56. The molecule has 0 saturated heterocycles. The van der Waals surface area contributed by atoms with Gasteiger partial charge in [-0.1, -0.05) is 11.6 Å². The number of urea groups is 1. The maximum Gasteiger partial charge on any atom is 0.329 e. The van der Waals surface area contributed by atoms with Crippen LogP contribution in [0.4, 0.5) is 4.79 Å². The van der Waals surface area contributed by atoms with Crippen LogP contribution in [0.15, 0.2) is 0 Å². The molecule has 7 nitrogen and oxygen atoms in total. The number of aromatic nitrogens is 2. The fraction of sp³-hybridized carbons (Fsp3) is 0.615. The van der Waals surface area contributed by atoms with Crippen LogP contribution in [-0.4, -0.2) is 32.4 Å². The Morgan fingerprint density at radius 3 is 2.57 bits per heavy atom. The normalized spacial score (nSPS) is 17.1. The molecular weight excluding hydrogens is 296 g/mol. The second-order valence-corrected chi connectivity index (χ2v) is 5.93. The second kappa shape index (κ2) is 5.55. The Morgan fingerprint density at radius 2 is 2.14 bits per heavy atom. The van der Waals surface area contributed by atoms with Gasteiger partial charge in [0.2, 0.25) is 0 Å². The molecule has 0 spiro atoms. The first kappa shape index (κ1) is 15.6. The van der Waals surface area contributed by atoms with E-state index in [1.54, 1.807) is 14.0 Å². The van der Waals surface area contributed by atoms with Gasteiger partial charge in [-0.15, -0.1) is 0 Å². The summed E-state index contributed by atoms with van der Waals surface area (Å²) in [5.41, 5.74) is 0.224. The van der Waals surface area contributed by atoms with Crippen molar-refractivity contribution >= 4 is 23.6 Å². The van der Waals surface area contributed by atoms with Crippen molar-refractivity contribution in [2.24, 2.45) is 13.0 Å². The average molecular weight is 315 g/mol. The molecule has 0 aliphatic heterocycles. The summed E-state index contributed by atoms with van der Waals surface area (Å²) in [5, 5.41) is 19.1. The fourth-order valence-electron chi connectivity index (χ4n) is 2.31. The van der Waals surface area contributed by atoms with Crippen LogP contribution in [-0.2, 0) is 18.4 Å². The van der Waals surface area contributed by atoms with E-state index in [0.29, 0.717) is 5.15 Å². The number of hydrogen-bond acceptors (Lipinski definition) is 3. The Balaban J connectivity index is 1.97. The van der Waals surface area contributed by atoms with Crippen LogP contribution >= 0.6 is 11.6 Å². The molecule has 1 unspecified atom stereocenters. The standard InChI is InChI=1S/C13H19ClN4O3/c1-7-9(10(14)18(3)17-7)6-15-12(21)16-13(2,11(19)20)8-4-5-8/h8H,4-6H2,1-3H3,(H,19,20)(H2,15,16,21). The Kier molecular flexibility index (Phi) is 4.13. The highest BCUT2D eigenvalue weighted by molar-refractivity contribution is 6.30. The molecule has 1 saturated carbocycles. The van der Waals surface area contributed by atoms with Crippen molar-refractivity contribution in [3.8, 4) is 0 Å². The Hall–Kier alpha value is -1.76. The number of hydrogen-bond donors (Lipinski definition) is 3. The van der Waals surface area contributed by atoms with Crippen LogP contribution in [0.3, 0.4) is 0 Å². The van der Waals surface area contributed by atoms with Crippen LogP contribution in [0.5, 0.6) is 0 Å². The largest absolute Gasteiger partial charge is 0.480 e. The van der Waals surface area contributed by atoms with Gasteiger partial charge in [0.05, 0.1) is 5.69 Å². The number of nitrogens with one attached hydrogen (secondary N) is 2. The minimum atomic E-state index is -1.22. The van der Waals surface area contributed by atoms with E-state index in [2.05, 4.69) is 15.7 Å². The topological polar surface area (TPSA) is 96.3 Å². The van der Waals surface area contributed by atoms with Gasteiger partial charge in [0.25, 0.3) is 0 Å². The highest BCUT2D eigenvalue weighted by atomic mass is 35.5. The van der Waals surface area contributed by atoms with Crippen molar-refractivity contribution in [1.29, 1.82) is 0 Å². The quantitative estimate of drug-likeness (QED) is 0.766. The highest BCUT2D eigenvalue weighted by Crippen LogP contribution is 2.39. The summed E-state index contributed by atoms with van der Waals surface area (Å²) >= 11 is 6.08. The lowest BCUT2D eigenvalue weighted by Gasteiger charge is -2.26. The number of nitrogens with zero attached hydrogens (tertiary/aromatic N) is 2. The lowest BCUT2D eigenvalue weighted by atomic mass is 9.96. The van der Waals surface area contributed by atoms with Gasteiger partial charge in [0.15, 0.2) is 0 Å². The van der Waals surface area contributed by atoms with Gasteiger partial charge >= 0.3 is 12.0 Å². The number of halogens is 1. The van der Waals surface area contributed by atoms with Gasteiger partial charge in [-0.25, -0.2) is 9.59 Å². The number of carbonyl (C=O) groups is 2. The van der Waals surface area contributed by atoms with Crippen LogP contribution in [0, 0.1) is 12.8 Å². The smallest absolute Gasteiger partial charge is 0.329 e. The maximum atomic E-state index is 11.9. The van der Waals surface area contributed by atoms with Crippen LogP contribution in [0.25, 0.3) is 0 Å². The SMILES string of the molecule is Cc1nn(C)c(Cl)c1CNC(=O)NC(C)(C(=O)O)C1CC1. The molecule has 0 aromatic carbocycles. The molecule has 116 valence electrons. The van der Waals surface area contributed by atoms with Gasteiger partial charge in [0.1, 0.15) is 10.7 Å². The third-order valence-corrected chi connectivity index (χ3v) is 4.38. The minimum absolute atomic E-state index is 0.00975. The first-order valence-corrected chi connectivity index (χ1v) is 7.11. The molecule has 2 rings (SSSR count). The molecule has 2 amide bonds. The van der Waals surface area contributed by atoms with Gasteiger partial charge in [-0.05, 0) is 32.6 Å². The second-order valence-electron chi connectivity index (χ2n) is 5.57. The number of aliphatic carboxylic acids is 1. The van der Waals surface area contributed by atoms with Crippen molar-refractivity contribution in [3.63, 3.8) is 0 Å². The van der Waals surface area contributed by atoms with Crippen molar-refractivity contribution in [2.75, 3.05) is 0 Å². The molecule has 0 bridgehead atoms. The van der Waals surface area contributed by atoms with E-state index in [9.17, 15) is 14.7 Å². The molecule has 1 aliphatic carbocycles. The van der Waals surface area contributed by atoms with E-state index < -0.39 is 17.5 Å². The van der Waals surface area contributed by atoms with Gasteiger partial charge in [-0.2, -0.15) is 5.10 Å². The van der Waals surface area contributed by atoms with Crippen molar-refractivity contribution < 1.29 is 14.7 Å². The number of carboxylic acids is 1. The molecule has 1 aromatic rings. The van der Waals surface area contributed by atoms with Crippen LogP contribution in [0.2, 0.25) is 5.15 Å². The monoisotopic (exact) mass is 314 g/mol. The molecule has 21 heavy (non-hydrogen) atoms. The molecule has 3 N–H and O–H groups in total. The van der Waals surface area contributed by atoms with Crippen molar-refractivity contribution in [1.82, 2.24) is 20.4 Å². The number of aryl methyl sites for hydroxylation is 2. The summed E-state index contributed by atoms with van der Waals surface area (Å²) in [4.78, 5) is 23.3. The van der Waals surface area contributed by atoms with E-state index in [-0.39, 0.29) is 12.5 Å². The van der Waals surface area contributed by atoms with Crippen LogP contribution < -0.4 is 10.6 Å². The number of carbonyl (C=O) groups excluding carboxylic acids is 1. The first-order valence-electron chi connectivity index (χ1n) is 6.73. The lowest BCUT2D eigenvalue weighted by molar-refractivity contribution is -0.144. The predicted octanol–water partition coefficient (Wildman–Crippen LogP) is 1.43. The van der Waals surface area contributed by atoms with E-state index in [1.165, 1.54) is 11.6 Å². The third-order valence-electron chi connectivity index (χ3n) is 3.91. The molecule has 8 heteroatoms. The summed E-state index contributed by atoms with van der Waals surface area (Å²) in [6, 6.07) is -0.522. The summed E-state index contributed by atoms with van der Waals surface area (Å²) in [6.45, 7) is 3.53. The zero-order chi connectivity index (χ0) is 15.8. The first-order chi connectivity index (χ1) is 9.75. The van der Waals surface area contributed by atoms with Gasteiger partial charge in [-0.3, -0.25) is 4.68 Å². The molecule has 1 aromatic heterocycles. The third kappa shape index (κ3) is 3.12. The van der Waals surface area contributed by atoms with Crippen molar-refractivity contribution in [2.45, 2.75) is 38.8 Å². The Morgan fingerprint density at radius 1 is 1.52 bits per heavy atom. The highest BCUT2D eigenvalue weighted by Gasteiger charge is 2.48. The van der Waals surface area contributed by atoms with Crippen molar-refractivity contribution in [3.05, 3.63) is 16.4 Å². The number of amides is 2. The summed E-state index contributed by atoms with van der Waals surface area (Å²) in [6.07, 6.45) is 1.63. The summed E-state index contributed by atoms with van der Waals surface area (Å²) in [7, 11) is 1.72. The minimum Gasteiger partial charge on any atom is -0.480 e. The van der Waals surface area contributed by atoms with E-state index in [1.807, 2.05) is 0 Å². The molecule has 1 heterocycles. The zero-order valence-electron chi connectivity index (χ0n) is 12.2. The van der Waals surface area contributed by atoms with E-state index in [4.69, 9.17) is 11.6 Å². The average Bonchev–Trinajstić information content (AvgIpc) is 3.19. The molecule has 1 fully saturated rings.